The van der Waals surface area contributed by atoms with Gasteiger partial charge in [0.1, 0.15) is 0 Å². The highest BCUT2D eigenvalue weighted by Gasteiger charge is 2.40. The second kappa shape index (κ2) is 6.56. The average molecular weight is 345 g/mol. The Balaban J connectivity index is 1.90. The molecular weight excluding hydrogens is 326 g/mol. The summed E-state index contributed by atoms with van der Waals surface area (Å²) in [5, 5.41) is 14.9. The Morgan fingerprint density at radius 1 is 1.36 bits per heavy atom. The van der Waals surface area contributed by atoms with E-state index in [0.29, 0.717) is 22.4 Å². The van der Waals surface area contributed by atoms with Gasteiger partial charge in [0.2, 0.25) is 0 Å². The second-order valence-corrected chi connectivity index (χ2v) is 6.07. The number of rotatable bonds is 4. The summed E-state index contributed by atoms with van der Waals surface area (Å²) in [5.74, 6) is -0.689. The van der Waals surface area contributed by atoms with Crippen molar-refractivity contribution < 1.29 is 24.2 Å². The third-order valence-electron chi connectivity index (χ3n) is 4.17. The highest BCUT2D eigenvalue weighted by atomic mass is 16.5. The van der Waals surface area contributed by atoms with E-state index >= 15 is 0 Å². The lowest BCUT2D eigenvalue weighted by Crippen LogP contribution is -2.44. The SMILES string of the molecule is COC(=O)c1ccc([C@@H]2NC(=O)NC3=C2C(=O)N(C[C@H](C)O)C3)cc1. The summed E-state index contributed by atoms with van der Waals surface area (Å²) in [7, 11) is 1.30. The van der Waals surface area contributed by atoms with Gasteiger partial charge in [-0.3, -0.25) is 4.79 Å². The number of ether oxygens (including phenoxy) is 1. The number of β-amino-alcohol motifs (C(OH)–C–C–N with tert-alkyl or cyclic N) is 1. The van der Waals surface area contributed by atoms with Crippen molar-refractivity contribution in [3.8, 4) is 0 Å². The lowest BCUT2D eigenvalue weighted by molar-refractivity contribution is -0.126. The number of carbonyl (C=O) groups is 3. The Morgan fingerprint density at radius 3 is 2.64 bits per heavy atom. The molecular formula is C17H19N3O5. The number of hydrogen-bond donors (Lipinski definition) is 3. The van der Waals surface area contributed by atoms with Crippen molar-refractivity contribution in [1.82, 2.24) is 15.5 Å². The molecule has 3 rings (SSSR count). The van der Waals surface area contributed by atoms with Gasteiger partial charge >= 0.3 is 12.0 Å². The maximum absolute atomic E-state index is 12.7. The summed E-state index contributed by atoms with van der Waals surface area (Å²) in [6.07, 6.45) is -0.660. The van der Waals surface area contributed by atoms with E-state index in [0.717, 1.165) is 0 Å². The van der Waals surface area contributed by atoms with E-state index in [-0.39, 0.29) is 19.0 Å². The van der Waals surface area contributed by atoms with Gasteiger partial charge in [0, 0.05) is 6.54 Å². The van der Waals surface area contributed by atoms with Crippen molar-refractivity contribution in [2.45, 2.75) is 19.1 Å². The maximum atomic E-state index is 12.7. The van der Waals surface area contributed by atoms with Crippen molar-refractivity contribution in [3.63, 3.8) is 0 Å². The van der Waals surface area contributed by atoms with E-state index in [1.165, 1.54) is 12.0 Å². The number of aliphatic hydroxyl groups is 1. The maximum Gasteiger partial charge on any atom is 0.337 e. The molecule has 0 bridgehead atoms. The molecule has 8 heteroatoms. The fourth-order valence-electron chi connectivity index (χ4n) is 3.07. The van der Waals surface area contributed by atoms with Gasteiger partial charge < -0.3 is 25.4 Å². The minimum absolute atomic E-state index is 0.190. The average Bonchev–Trinajstić information content (AvgIpc) is 2.88. The molecule has 2 aliphatic rings. The topological polar surface area (TPSA) is 108 Å². The first kappa shape index (κ1) is 17.0. The summed E-state index contributed by atoms with van der Waals surface area (Å²) in [6.45, 7) is 2.05. The van der Waals surface area contributed by atoms with Crippen LogP contribution in [0.3, 0.4) is 0 Å². The Morgan fingerprint density at radius 2 is 2.04 bits per heavy atom. The highest BCUT2D eigenvalue weighted by molar-refractivity contribution is 6.01. The number of esters is 1. The predicted octanol–water partition coefficient (Wildman–Crippen LogP) is 0.304. The Hall–Kier alpha value is -2.87. The van der Waals surface area contributed by atoms with Crippen molar-refractivity contribution in [3.05, 3.63) is 46.7 Å². The van der Waals surface area contributed by atoms with Crippen LogP contribution in [-0.2, 0) is 9.53 Å². The molecule has 0 radical (unpaired) electrons. The molecule has 0 spiro atoms. The Labute approximate surface area is 144 Å². The van der Waals surface area contributed by atoms with Crippen molar-refractivity contribution in [2.75, 3.05) is 20.2 Å². The number of benzene rings is 1. The van der Waals surface area contributed by atoms with Gasteiger partial charge in [-0.2, -0.15) is 0 Å². The molecule has 0 saturated heterocycles. The van der Waals surface area contributed by atoms with Gasteiger partial charge in [0.25, 0.3) is 5.91 Å². The zero-order valence-electron chi connectivity index (χ0n) is 13.9. The first-order chi connectivity index (χ1) is 11.9. The predicted molar refractivity (Wildman–Crippen MR) is 87.5 cm³/mol. The van der Waals surface area contributed by atoms with Crippen LogP contribution in [0.2, 0.25) is 0 Å². The number of carbonyl (C=O) groups excluding carboxylic acids is 3. The molecule has 1 aromatic rings. The number of methoxy groups -OCH3 is 1. The molecule has 3 N–H and O–H groups in total. The van der Waals surface area contributed by atoms with Gasteiger partial charge in [0.05, 0.1) is 42.6 Å². The smallest absolute Gasteiger partial charge is 0.337 e. The summed E-state index contributed by atoms with van der Waals surface area (Å²) >= 11 is 0. The zero-order valence-corrected chi connectivity index (χ0v) is 13.9. The molecule has 0 saturated carbocycles. The van der Waals surface area contributed by atoms with Gasteiger partial charge in [-0.05, 0) is 24.6 Å². The minimum atomic E-state index is -0.660. The van der Waals surface area contributed by atoms with E-state index in [2.05, 4.69) is 15.4 Å². The molecule has 0 unspecified atom stereocenters. The number of nitrogens with zero attached hydrogens (tertiary/aromatic N) is 1. The second-order valence-electron chi connectivity index (χ2n) is 6.07. The number of urea groups is 1. The molecule has 1 aromatic carbocycles. The van der Waals surface area contributed by atoms with Gasteiger partial charge in [-0.25, -0.2) is 9.59 Å². The quantitative estimate of drug-likeness (QED) is 0.681. The van der Waals surface area contributed by atoms with Gasteiger partial charge in [0.15, 0.2) is 0 Å². The van der Waals surface area contributed by atoms with Crippen LogP contribution < -0.4 is 10.6 Å². The van der Waals surface area contributed by atoms with Crippen LogP contribution in [0, 0.1) is 0 Å². The van der Waals surface area contributed by atoms with Crippen LogP contribution in [0.5, 0.6) is 0 Å². The van der Waals surface area contributed by atoms with Crippen LogP contribution in [0.1, 0.15) is 28.9 Å². The molecule has 2 heterocycles. The first-order valence-corrected chi connectivity index (χ1v) is 7.87. The fraction of sp³-hybridized carbons (Fsp3) is 0.353. The van der Waals surface area contributed by atoms with E-state index in [1.807, 2.05) is 0 Å². The highest BCUT2D eigenvalue weighted by Crippen LogP contribution is 2.32. The van der Waals surface area contributed by atoms with Crippen LogP contribution in [0.25, 0.3) is 0 Å². The van der Waals surface area contributed by atoms with Crippen molar-refractivity contribution in [1.29, 1.82) is 0 Å². The summed E-state index contributed by atoms with van der Waals surface area (Å²) < 4.78 is 4.66. The van der Waals surface area contributed by atoms with E-state index in [9.17, 15) is 19.5 Å². The fourth-order valence-corrected chi connectivity index (χ4v) is 3.07. The summed E-state index contributed by atoms with van der Waals surface area (Å²) in [5.41, 5.74) is 2.05. The first-order valence-electron chi connectivity index (χ1n) is 7.87. The summed E-state index contributed by atoms with van der Waals surface area (Å²) in [6, 6.07) is 5.52. The van der Waals surface area contributed by atoms with Gasteiger partial charge in [-0.15, -0.1) is 0 Å². The molecule has 132 valence electrons. The van der Waals surface area contributed by atoms with Gasteiger partial charge in [-0.1, -0.05) is 12.1 Å². The monoisotopic (exact) mass is 345 g/mol. The Kier molecular flexibility index (Phi) is 4.45. The standard InChI is InChI=1S/C17H19N3O5/c1-9(21)7-20-8-12-13(15(20)22)14(19-17(24)18-12)10-3-5-11(6-4-10)16(23)25-2/h3-6,9,14,21H,7-8H2,1-2H3,(H2,18,19,24)/t9-,14-/m0/s1. The lowest BCUT2D eigenvalue weighted by Gasteiger charge is -2.25. The van der Waals surface area contributed by atoms with Crippen molar-refractivity contribution >= 4 is 17.9 Å². The number of nitrogens with one attached hydrogen (secondary N) is 2. The third-order valence-corrected chi connectivity index (χ3v) is 4.17. The molecule has 2 aliphatic heterocycles. The van der Waals surface area contributed by atoms with E-state index in [4.69, 9.17) is 0 Å². The number of hydrogen-bond acceptors (Lipinski definition) is 5. The zero-order chi connectivity index (χ0) is 18.1. The van der Waals surface area contributed by atoms with Crippen molar-refractivity contribution in [2.24, 2.45) is 0 Å². The van der Waals surface area contributed by atoms with E-state index < -0.39 is 24.1 Å². The van der Waals surface area contributed by atoms with Crippen LogP contribution in [0.15, 0.2) is 35.5 Å². The Bertz CT molecular complexity index is 754. The normalized spacial score (nSPS) is 20.8. The number of amides is 3. The van der Waals surface area contributed by atoms with Crippen LogP contribution >= 0.6 is 0 Å². The molecule has 0 fully saturated rings. The lowest BCUT2D eigenvalue weighted by atomic mass is 9.95. The number of aliphatic hydroxyl groups excluding tert-OH is 1. The molecule has 2 atom stereocenters. The third kappa shape index (κ3) is 3.20. The molecule has 0 aromatic heterocycles. The largest absolute Gasteiger partial charge is 0.465 e. The molecule has 8 nitrogen and oxygen atoms in total. The molecule has 3 amide bonds. The molecule has 0 aliphatic carbocycles. The van der Waals surface area contributed by atoms with Crippen LogP contribution in [-0.4, -0.2) is 54.2 Å². The van der Waals surface area contributed by atoms with E-state index in [1.54, 1.807) is 31.2 Å². The molecule has 25 heavy (non-hydrogen) atoms. The minimum Gasteiger partial charge on any atom is -0.465 e. The summed E-state index contributed by atoms with van der Waals surface area (Å²) in [4.78, 5) is 37.7. The van der Waals surface area contributed by atoms with Crippen LogP contribution in [0.4, 0.5) is 4.79 Å².